The van der Waals surface area contributed by atoms with Crippen LogP contribution in [0, 0.1) is 5.82 Å². The zero-order valence-electron chi connectivity index (χ0n) is 17.1. The Morgan fingerprint density at radius 3 is 2.46 bits per heavy atom. The first kappa shape index (κ1) is 21.4. The van der Waals surface area contributed by atoms with Crippen molar-refractivity contribution in [2.75, 3.05) is 10.6 Å². The average Bonchev–Trinajstić information content (AvgIpc) is 3.01. The second-order valence-corrected chi connectivity index (χ2v) is 7.70. The normalized spacial score (nSPS) is 11.4. The van der Waals surface area contributed by atoms with E-state index in [9.17, 15) is 14.0 Å². The van der Waals surface area contributed by atoms with Crippen molar-refractivity contribution in [2.45, 2.75) is 59.6 Å². The summed E-state index contributed by atoms with van der Waals surface area (Å²) in [4.78, 5) is 24.5. The summed E-state index contributed by atoms with van der Waals surface area (Å²) in [5.74, 6) is -0.810. The van der Waals surface area contributed by atoms with Gasteiger partial charge in [0.1, 0.15) is 17.1 Å². The zero-order valence-corrected chi connectivity index (χ0v) is 17.1. The number of ether oxygens (including phenoxy) is 1. The highest BCUT2D eigenvalue weighted by molar-refractivity contribution is 6.03. The number of halogens is 1. The molecule has 0 aliphatic heterocycles. The van der Waals surface area contributed by atoms with Crippen LogP contribution in [0.2, 0.25) is 0 Å². The van der Waals surface area contributed by atoms with Gasteiger partial charge >= 0.3 is 6.09 Å². The molecule has 0 fully saturated rings. The molecule has 0 bridgehead atoms. The van der Waals surface area contributed by atoms with Crippen molar-refractivity contribution in [1.82, 2.24) is 9.78 Å². The van der Waals surface area contributed by atoms with Crippen LogP contribution in [0.4, 0.5) is 20.6 Å². The van der Waals surface area contributed by atoms with Gasteiger partial charge in [0.15, 0.2) is 0 Å². The molecule has 8 heteroatoms. The number of benzene rings is 1. The Hall–Kier alpha value is -2.90. The molecule has 28 heavy (non-hydrogen) atoms. The van der Waals surface area contributed by atoms with E-state index >= 15 is 0 Å². The second kappa shape index (κ2) is 8.41. The summed E-state index contributed by atoms with van der Waals surface area (Å²) in [6.45, 7) is 11.6. The van der Waals surface area contributed by atoms with E-state index in [0.717, 1.165) is 5.69 Å². The smallest absolute Gasteiger partial charge is 0.412 e. The number of nitrogens with one attached hydrogen (secondary N) is 2. The molecule has 152 valence electrons. The lowest BCUT2D eigenvalue weighted by atomic mass is 10.1. The quantitative estimate of drug-likeness (QED) is 0.770. The fraction of sp³-hybridized carbons (Fsp3) is 0.450. The Balaban J connectivity index is 2.19. The largest absolute Gasteiger partial charge is 0.444 e. The Labute approximate surface area is 164 Å². The maximum atomic E-state index is 14.0. The van der Waals surface area contributed by atoms with Crippen LogP contribution in [0.5, 0.6) is 0 Å². The van der Waals surface area contributed by atoms with Crippen LogP contribution in [0.25, 0.3) is 0 Å². The van der Waals surface area contributed by atoms with Crippen molar-refractivity contribution < 1.29 is 18.7 Å². The fourth-order valence-electron chi connectivity index (χ4n) is 2.45. The third-order valence-electron chi connectivity index (χ3n) is 3.78. The van der Waals surface area contributed by atoms with E-state index in [4.69, 9.17) is 4.74 Å². The van der Waals surface area contributed by atoms with Crippen LogP contribution < -0.4 is 10.6 Å². The van der Waals surface area contributed by atoms with Crippen molar-refractivity contribution in [3.8, 4) is 0 Å². The average molecular weight is 390 g/mol. The number of rotatable bonds is 5. The number of aryl methyl sites for hydroxylation is 1. The number of amides is 2. The minimum atomic E-state index is -0.777. The van der Waals surface area contributed by atoms with Crippen molar-refractivity contribution in [2.24, 2.45) is 0 Å². The van der Waals surface area contributed by atoms with Gasteiger partial charge in [0.25, 0.3) is 5.91 Å². The Bertz CT molecular complexity index is 869. The summed E-state index contributed by atoms with van der Waals surface area (Å²) < 4.78 is 20.8. The number of carbonyl (C=O) groups excluding carboxylic acids is 2. The Morgan fingerprint density at radius 2 is 1.89 bits per heavy atom. The van der Waals surface area contributed by atoms with Crippen LogP contribution in [-0.2, 0) is 11.3 Å². The van der Waals surface area contributed by atoms with Gasteiger partial charge in [-0.25, -0.2) is 9.18 Å². The van der Waals surface area contributed by atoms with Crippen LogP contribution in [0.15, 0.2) is 24.3 Å². The van der Waals surface area contributed by atoms with E-state index in [0.29, 0.717) is 17.9 Å². The molecule has 2 aromatic rings. The molecular formula is C20H27FN4O3. The summed E-state index contributed by atoms with van der Waals surface area (Å²) in [5.41, 5.74) is 0.779. The predicted octanol–water partition coefficient (Wildman–Crippen LogP) is 4.76. The van der Waals surface area contributed by atoms with Gasteiger partial charge in [-0.2, -0.15) is 5.10 Å². The molecule has 0 unspecified atom stereocenters. The zero-order chi connectivity index (χ0) is 21.1. The summed E-state index contributed by atoms with van der Waals surface area (Å²) in [5, 5.41) is 9.49. The van der Waals surface area contributed by atoms with Gasteiger partial charge in [-0.3, -0.25) is 14.8 Å². The molecule has 1 aromatic heterocycles. The van der Waals surface area contributed by atoms with Gasteiger partial charge < -0.3 is 10.1 Å². The molecule has 0 saturated carbocycles. The highest BCUT2D eigenvalue weighted by Gasteiger charge is 2.19. The van der Waals surface area contributed by atoms with E-state index in [1.165, 1.54) is 18.2 Å². The van der Waals surface area contributed by atoms with E-state index in [2.05, 4.69) is 15.7 Å². The second-order valence-electron chi connectivity index (χ2n) is 7.70. The molecule has 0 radical (unpaired) electrons. The number of carbonyl (C=O) groups is 2. The first-order valence-electron chi connectivity index (χ1n) is 9.18. The van der Waals surface area contributed by atoms with Crippen LogP contribution in [0.1, 0.15) is 63.6 Å². The highest BCUT2D eigenvalue weighted by Crippen LogP contribution is 2.22. The molecule has 1 aromatic carbocycles. The van der Waals surface area contributed by atoms with Gasteiger partial charge in [-0.15, -0.1) is 0 Å². The first-order chi connectivity index (χ1) is 13.0. The molecule has 0 spiro atoms. The van der Waals surface area contributed by atoms with E-state index < -0.39 is 17.5 Å². The third-order valence-corrected chi connectivity index (χ3v) is 3.78. The molecule has 0 atom stereocenters. The molecule has 0 aliphatic rings. The molecule has 2 amide bonds. The molecule has 2 N–H and O–H groups in total. The minimum absolute atomic E-state index is 0.0843. The van der Waals surface area contributed by atoms with Crippen molar-refractivity contribution in [3.63, 3.8) is 0 Å². The molecular weight excluding hydrogens is 363 g/mol. The molecule has 2 rings (SSSR count). The van der Waals surface area contributed by atoms with Gasteiger partial charge in [0.05, 0.1) is 11.4 Å². The summed E-state index contributed by atoms with van der Waals surface area (Å²) in [6, 6.07) is 5.67. The van der Waals surface area contributed by atoms with Gasteiger partial charge in [-0.05, 0) is 57.9 Å². The lowest BCUT2D eigenvalue weighted by Crippen LogP contribution is -2.27. The Morgan fingerprint density at radius 1 is 1.21 bits per heavy atom. The van der Waals surface area contributed by atoms with E-state index in [1.54, 1.807) is 31.5 Å². The number of hydrogen-bond acceptors (Lipinski definition) is 4. The maximum absolute atomic E-state index is 14.0. The van der Waals surface area contributed by atoms with Crippen molar-refractivity contribution in [1.29, 1.82) is 0 Å². The van der Waals surface area contributed by atoms with Gasteiger partial charge in [0, 0.05) is 12.2 Å². The van der Waals surface area contributed by atoms with E-state index in [1.807, 2.05) is 20.8 Å². The van der Waals surface area contributed by atoms with Gasteiger partial charge in [0.2, 0.25) is 0 Å². The lowest BCUT2D eigenvalue weighted by molar-refractivity contribution is 0.0635. The molecule has 0 aliphatic carbocycles. The summed E-state index contributed by atoms with van der Waals surface area (Å²) >= 11 is 0. The number of nitrogens with zero attached hydrogens (tertiary/aromatic N) is 2. The van der Waals surface area contributed by atoms with Crippen molar-refractivity contribution >= 4 is 23.4 Å². The van der Waals surface area contributed by atoms with Crippen LogP contribution in [0.3, 0.4) is 0 Å². The maximum Gasteiger partial charge on any atom is 0.412 e. The number of aromatic nitrogens is 2. The monoisotopic (exact) mass is 390 g/mol. The molecule has 1 heterocycles. The highest BCUT2D eigenvalue weighted by atomic mass is 19.1. The summed E-state index contributed by atoms with van der Waals surface area (Å²) in [6.07, 6.45) is -0.777. The van der Waals surface area contributed by atoms with Crippen molar-refractivity contribution in [3.05, 3.63) is 41.5 Å². The first-order valence-corrected chi connectivity index (χ1v) is 9.18. The lowest BCUT2D eigenvalue weighted by Gasteiger charge is -2.20. The summed E-state index contributed by atoms with van der Waals surface area (Å²) in [7, 11) is 0. The number of anilines is 2. The van der Waals surface area contributed by atoms with Crippen LogP contribution in [-0.4, -0.2) is 27.4 Å². The van der Waals surface area contributed by atoms with Crippen LogP contribution >= 0.6 is 0 Å². The SMILES string of the molecule is CCn1nc(C(C)C)cc1C(=O)Nc1ccc(F)c(NC(=O)OC(C)(C)C)c1. The van der Waals surface area contributed by atoms with Gasteiger partial charge in [-0.1, -0.05) is 13.8 Å². The third kappa shape index (κ3) is 5.55. The number of hydrogen-bond donors (Lipinski definition) is 2. The fourth-order valence-corrected chi connectivity index (χ4v) is 2.45. The standard InChI is InChI=1S/C20H27FN4O3/c1-7-25-17(11-15(24-25)12(2)3)18(26)22-13-8-9-14(21)16(10-13)23-19(27)28-20(4,5)6/h8-12H,7H2,1-6H3,(H,22,26)(H,23,27). The molecule has 0 saturated heterocycles. The Kier molecular flexibility index (Phi) is 6.43. The minimum Gasteiger partial charge on any atom is -0.444 e. The van der Waals surface area contributed by atoms with E-state index in [-0.39, 0.29) is 17.5 Å². The molecule has 7 nitrogen and oxygen atoms in total. The topological polar surface area (TPSA) is 85.3 Å². The predicted molar refractivity (Wildman–Crippen MR) is 106 cm³/mol.